The molecule has 0 bridgehead atoms. The predicted octanol–water partition coefficient (Wildman–Crippen LogP) is 5.29. The van der Waals surface area contributed by atoms with E-state index in [1.165, 1.54) is 18.4 Å². The number of aliphatic hydroxyl groups is 1. The van der Waals surface area contributed by atoms with Gasteiger partial charge in [-0.05, 0) is 61.3 Å². The van der Waals surface area contributed by atoms with Crippen molar-refractivity contribution in [3.63, 3.8) is 0 Å². The highest BCUT2D eigenvalue weighted by atomic mass is 35.5. The molecule has 1 aliphatic carbocycles. The number of nitrogens with zero attached hydrogens (tertiary/aromatic N) is 1. The van der Waals surface area contributed by atoms with Gasteiger partial charge < -0.3 is 5.11 Å². The lowest BCUT2D eigenvalue weighted by Gasteiger charge is -2.37. The van der Waals surface area contributed by atoms with Gasteiger partial charge in [-0.3, -0.25) is 4.90 Å². The Morgan fingerprint density at radius 3 is 2.41 bits per heavy atom. The third-order valence-corrected chi connectivity index (χ3v) is 6.92. The molecule has 1 N–H and O–H groups in total. The molecule has 2 atom stereocenters. The van der Waals surface area contributed by atoms with Crippen molar-refractivity contribution in [2.45, 2.75) is 55.4 Å². The molecule has 0 aromatic heterocycles. The van der Waals surface area contributed by atoms with Crippen LogP contribution in [0.4, 0.5) is 0 Å². The minimum atomic E-state index is -0.692. The molecule has 1 heterocycles. The number of hydrogen-bond donors (Lipinski definition) is 1. The van der Waals surface area contributed by atoms with Crippen molar-refractivity contribution in [1.82, 2.24) is 4.90 Å². The first-order valence-electron chi connectivity index (χ1n) is 10.9. The first-order chi connectivity index (χ1) is 14.1. The van der Waals surface area contributed by atoms with Gasteiger partial charge in [-0.25, -0.2) is 0 Å². The van der Waals surface area contributed by atoms with E-state index in [9.17, 15) is 5.11 Å². The summed E-state index contributed by atoms with van der Waals surface area (Å²) in [6, 6.07) is 18.8. The normalized spacial score (nSPS) is 24.5. The maximum atomic E-state index is 10.9. The van der Waals surface area contributed by atoms with Crippen LogP contribution in [-0.2, 0) is 5.60 Å². The fourth-order valence-corrected chi connectivity index (χ4v) is 5.01. The Morgan fingerprint density at radius 2 is 1.72 bits per heavy atom. The van der Waals surface area contributed by atoms with Gasteiger partial charge in [0.1, 0.15) is 0 Å². The first kappa shape index (κ1) is 20.5. The van der Waals surface area contributed by atoms with Crippen LogP contribution in [0.15, 0.2) is 54.6 Å². The second-order valence-electron chi connectivity index (χ2n) is 8.56. The third kappa shape index (κ3) is 5.23. The van der Waals surface area contributed by atoms with E-state index in [0.29, 0.717) is 11.3 Å². The van der Waals surface area contributed by atoms with Crippen LogP contribution in [0.5, 0.6) is 0 Å². The first-order valence-corrected chi connectivity index (χ1v) is 11.3. The standard InChI is InChI=1S/C26H30ClNO/c27-25-10-4-7-23(20-25)22-13-11-21(12-14-22)6-5-17-28-18-15-26(29,16-19-28)24-8-2-1-3-9-24/h1-3,8-9,11-14,23,25,29H,4,7,10,15-20H2. The molecule has 2 fully saturated rings. The van der Waals surface area contributed by atoms with E-state index >= 15 is 0 Å². The highest BCUT2D eigenvalue weighted by Gasteiger charge is 2.33. The summed E-state index contributed by atoms with van der Waals surface area (Å²) in [5.74, 6) is 7.22. The van der Waals surface area contributed by atoms with E-state index < -0.39 is 5.60 Å². The summed E-state index contributed by atoms with van der Waals surface area (Å²) in [6.07, 6.45) is 6.25. The molecule has 2 aromatic rings. The predicted molar refractivity (Wildman–Crippen MR) is 120 cm³/mol. The molecule has 2 unspecified atom stereocenters. The number of alkyl halides is 1. The van der Waals surface area contributed by atoms with Gasteiger partial charge in [-0.1, -0.05) is 60.7 Å². The van der Waals surface area contributed by atoms with E-state index in [1.807, 2.05) is 30.3 Å². The molecule has 2 aliphatic rings. The number of benzene rings is 2. The highest BCUT2D eigenvalue weighted by Crippen LogP contribution is 2.35. The van der Waals surface area contributed by atoms with Crippen LogP contribution in [0.1, 0.15) is 61.1 Å². The van der Waals surface area contributed by atoms with Gasteiger partial charge in [-0.15, -0.1) is 11.6 Å². The Kier molecular flexibility index (Phi) is 6.60. The van der Waals surface area contributed by atoms with Crippen LogP contribution < -0.4 is 0 Å². The van der Waals surface area contributed by atoms with Crippen molar-refractivity contribution < 1.29 is 5.11 Å². The Morgan fingerprint density at radius 1 is 1.00 bits per heavy atom. The number of likely N-dealkylation sites (tertiary alicyclic amines) is 1. The molecule has 1 saturated heterocycles. The molecule has 1 aliphatic heterocycles. The second-order valence-corrected chi connectivity index (χ2v) is 9.18. The summed E-state index contributed by atoms with van der Waals surface area (Å²) in [7, 11) is 0. The zero-order valence-electron chi connectivity index (χ0n) is 17.0. The summed E-state index contributed by atoms with van der Waals surface area (Å²) in [6.45, 7) is 2.50. The Hall–Kier alpha value is -1.79. The van der Waals surface area contributed by atoms with Crippen LogP contribution in [0, 0.1) is 11.8 Å². The molecule has 0 amide bonds. The molecule has 3 heteroatoms. The van der Waals surface area contributed by atoms with Crippen molar-refractivity contribution in [2.24, 2.45) is 0 Å². The van der Waals surface area contributed by atoms with Crippen LogP contribution in [-0.4, -0.2) is 35.0 Å². The number of piperidine rings is 1. The van der Waals surface area contributed by atoms with E-state index in [1.54, 1.807) is 0 Å². The van der Waals surface area contributed by atoms with E-state index in [2.05, 4.69) is 41.0 Å². The molecule has 2 nitrogen and oxygen atoms in total. The van der Waals surface area contributed by atoms with E-state index in [0.717, 1.165) is 56.4 Å². The third-order valence-electron chi connectivity index (χ3n) is 6.52. The lowest BCUT2D eigenvalue weighted by molar-refractivity contribution is -0.0229. The largest absolute Gasteiger partial charge is 0.385 e. The summed E-state index contributed by atoms with van der Waals surface area (Å²) in [5, 5.41) is 11.3. The number of hydrogen-bond acceptors (Lipinski definition) is 2. The van der Waals surface area contributed by atoms with Gasteiger partial charge in [0.2, 0.25) is 0 Å². The molecular formula is C26H30ClNO. The zero-order chi connectivity index (χ0) is 20.1. The minimum absolute atomic E-state index is 0.331. The van der Waals surface area contributed by atoms with Crippen molar-refractivity contribution in [1.29, 1.82) is 0 Å². The van der Waals surface area contributed by atoms with Crippen molar-refractivity contribution in [2.75, 3.05) is 19.6 Å². The molecule has 2 aromatic carbocycles. The topological polar surface area (TPSA) is 23.5 Å². The van der Waals surface area contributed by atoms with Crippen molar-refractivity contribution in [3.05, 3.63) is 71.3 Å². The molecule has 0 radical (unpaired) electrons. The smallest absolute Gasteiger partial charge is 0.0920 e. The Bertz CT molecular complexity index is 844. The fraction of sp³-hybridized carbons (Fsp3) is 0.462. The average Bonchev–Trinajstić information content (AvgIpc) is 2.76. The lowest BCUT2D eigenvalue weighted by atomic mass is 9.83. The van der Waals surface area contributed by atoms with Crippen LogP contribution in [0.3, 0.4) is 0 Å². The summed E-state index contributed by atoms with van der Waals surface area (Å²) in [5.41, 5.74) is 2.81. The zero-order valence-corrected chi connectivity index (χ0v) is 17.7. The SMILES string of the molecule is OC1(c2ccccc2)CCN(CC#Cc2ccc(C3CCCC(Cl)C3)cc2)CC1. The maximum absolute atomic E-state index is 10.9. The Labute approximate surface area is 179 Å². The highest BCUT2D eigenvalue weighted by molar-refractivity contribution is 6.20. The quantitative estimate of drug-likeness (QED) is 0.552. The molecule has 1 saturated carbocycles. The fourth-order valence-electron chi connectivity index (χ4n) is 4.64. The minimum Gasteiger partial charge on any atom is -0.385 e. The van der Waals surface area contributed by atoms with Gasteiger partial charge >= 0.3 is 0 Å². The van der Waals surface area contributed by atoms with E-state index in [-0.39, 0.29) is 0 Å². The van der Waals surface area contributed by atoms with Gasteiger partial charge in [-0.2, -0.15) is 0 Å². The maximum Gasteiger partial charge on any atom is 0.0920 e. The summed E-state index contributed by atoms with van der Waals surface area (Å²) in [4.78, 5) is 2.33. The van der Waals surface area contributed by atoms with Gasteiger partial charge in [0.05, 0.1) is 12.1 Å². The molecule has 152 valence electrons. The van der Waals surface area contributed by atoms with E-state index in [4.69, 9.17) is 11.6 Å². The molecular weight excluding hydrogens is 378 g/mol. The average molecular weight is 408 g/mol. The van der Waals surface area contributed by atoms with Crippen LogP contribution in [0.25, 0.3) is 0 Å². The van der Waals surface area contributed by atoms with Gasteiger partial charge in [0.15, 0.2) is 0 Å². The summed E-state index contributed by atoms with van der Waals surface area (Å²) < 4.78 is 0. The van der Waals surface area contributed by atoms with Crippen molar-refractivity contribution >= 4 is 11.6 Å². The number of halogens is 1. The Balaban J connectivity index is 1.28. The number of rotatable bonds is 3. The van der Waals surface area contributed by atoms with Crippen LogP contribution >= 0.6 is 11.6 Å². The lowest BCUT2D eigenvalue weighted by Crippen LogP contribution is -2.42. The summed E-state index contributed by atoms with van der Waals surface area (Å²) >= 11 is 6.34. The molecule has 0 spiro atoms. The van der Waals surface area contributed by atoms with Gasteiger partial charge in [0.25, 0.3) is 0 Å². The van der Waals surface area contributed by atoms with Crippen molar-refractivity contribution in [3.8, 4) is 11.8 Å². The van der Waals surface area contributed by atoms with Gasteiger partial charge in [0, 0.05) is 24.0 Å². The molecule has 29 heavy (non-hydrogen) atoms. The monoisotopic (exact) mass is 407 g/mol. The molecule has 4 rings (SSSR count). The van der Waals surface area contributed by atoms with Crippen LogP contribution in [0.2, 0.25) is 0 Å². The second kappa shape index (κ2) is 9.35.